The van der Waals surface area contributed by atoms with Crippen LogP contribution in [0.5, 0.6) is 0 Å². The van der Waals surface area contributed by atoms with E-state index in [1.807, 2.05) is 0 Å². The van der Waals surface area contributed by atoms with E-state index in [0.29, 0.717) is 0 Å². The van der Waals surface area contributed by atoms with E-state index in [1.165, 1.54) is 13.8 Å². The molecule has 5 aliphatic rings. The molecule has 0 bridgehead atoms. The first-order valence-electron chi connectivity index (χ1n) is 19.3. The van der Waals surface area contributed by atoms with E-state index < -0.39 is 185 Å². The van der Waals surface area contributed by atoms with E-state index >= 15 is 0 Å². The lowest BCUT2D eigenvalue weighted by Crippen LogP contribution is -2.71. The Kier molecular flexibility index (Phi) is 16.9. The third-order valence-electron chi connectivity index (χ3n) is 11.0. The zero-order valence-corrected chi connectivity index (χ0v) is 32.9. The average molecular weight is 879 g/mol. The molecule has 0 spiro atoms. The Morgan fingerprint density at radius 3 is 1.37 bits per heavy atom. The van der Waals surface area contributed by atoms with Crippen LogP contribution in [0, 0.1) is 0 Å². The van der Waals surface area contributed by atoms with E-state index in [0.717, 1.165) is 13.8 Å². The summed E-state index contributed by atoms with van der Waals surface area (Å²) in [4.78, 5) is 24.6. The summed E-state index contributed by atoms with van der Waals surface area (Å²) in [5.41, 5.74) is 0. The number of nitrogens with one attached hydrogen (secondary N) is 2. The molecule has 2 amide bonds. The lowest BCUT2D eigenvalue weighted by atomic mass is 9.93. The molecule has 0 aliphatic carbocycles. The van der Waals surface area contributed by atoms with Gasteiger partial charge in [-0.25, -0.2) is 0 Å². The van der Waals surface area contributed by atoms with Crippen molar-refractivity contribution in [3.8, 4) is 0 Å². The van der Waals surface area contributed by atoms with Gasteiger partial charge in [0.15, 0.2) is 31.5 Å². The van der Waals surface area contributed by atoms with E-state index in [2.05, 4.69) is 10.6 Å². The van der Waals surface area contributed by atoms with E-state index in [-0.39, 0.29) is 0 Å². The number of hydrogen-bond donors (Lipinski definition) is 15. The molecule has 0 aromatic heterocycles. The Labute approximate surface area is 342 Å². The van der Waals surface area contributed by atoms with Crippen molar-refractivity contribution >= 4 is 11.8 Å². The average Bonchev–Trinajstić information content (AvgIpc) is 3.20. The van der Waals surface area contributed by atoms with Crippen LogP contribution in [-0.4, -0.2) is 251 Å². The Bertz CT molecular complexity index is 1410. The smallest absolute Gasteiger partial charge is 0.217 e. The van der Waals surface area contributed by atoms with Gasteiger partial charge in [-0.15, -0.1) is 0 Å². The van der Waals surface area contributed by atoms with Gasteiger partial charge in [-0.05, 0) is 13.8 Å². The SMILES string of the molecule is CC(=O)N[C@H]1[C@@H](O[C@H]2[C@@H](O)[C@@H](CO)O[C@@H](O[C@H]3[C@H](OC4O[C@@H](C)[C@@H](O)[C@@H](O)[C@@H]4O)[C@@H](NC(C)=O)C(O)O[C@@H]3CO)[C@@H]2O[C@@H]2O[C@@H](C)[C@@H](O)[C@@H](O)[C@@H]2O)O[C@H](CO)[C@H](O)[C@@H]1O. The molecule has 0 saturated carbocycles. The minimum atomic E-state index is -2.04. The molecule has 25 atom stereocenters. The number of ether oxygens (including phenoxy) is 9. The summed E-state index contributed by atoms with van der Waals surface area (Å²) in [6, 6.07) is -3.24. The standard InChI is InChI=1S/C34H58N2O24/c1-8-17(42)22(47)24(49)32(52-8)58-27-16(36-11(4)41)30(51)54-14(7-39)26(27)57-34-29(60-33-25(50)23(48)18(43)9(2)53-33)28(20(45)13(6-38)56-34)59-31-15(35-10(3)40)21(46)19(44)12(5-37)55-31/h8-9,12-34,37-39,42-51H,5-7H2,1-4H3,(H,35,40)(H,36,41)/t8-,9-,12+,13+,14+,15+,16+,17+,18+,19-,20-,21+,22+,23+,24-,25-,26+,27+,28-,29+,30?,31+,32?,33-,34-/m0/s1. The molecule has 26 nitrogen and oxygen atoms in total. The van der Waals surface area contributed by atoms with Crippen molar-refractivity contribution < 1.29 is 119 Å². The van der Waals surface area contributed by atoms with Crippen molar-refractivity contribution in [3.63, 3.8) is 0 Å². The molecular formula is C34H58N2O24. The summed E-state index contributed by atoms with van der Waals surface area (Å²) in [5, 5.41) is 144. The molecule has 26 heteroatoms. The van der Waals surface area contributed by atoms with Crippen LogP contribution in [0.25, 0.3) is 0 Å². The molecule has 5 aliphatic heterocycles. The van der Waals surface area contributed by atoms with Crippen molar-refractivity contribution in [1.29, 1.82) is 0 Å². The lowest BCUT2D eigenvalue weighted by Gasteiger charge is -2.52. The lowest BCUT2D eigenvalue weighted by molar-refractivity contribution is -0.403. The normalized spacial score (nSPS) is 50.2. The first-order chi connectivity index (χ1) is 28.2. The van der Waals surface area contributed by atoms with E-state index in [9.17, 15) is 76.0 Å². The summed E-state index contributed by atoms with van der Waals surface area (Å²) in [6.07, 6.45) is -40.7. The maximum atomic E-state index is 12.4. The summed E-state index contributed by atoms with van der Waals surface area (Å²) in [5.74, 6) is -1.51. The molecule has 348 valence electrons. The topological polar surface area (TPSA) is 404 Å². The second kappa shape index (κ2) is 20.7. The van der Waals surface area contributed by atoms with Gasteiger partial charge in [-0.1, -0.05) is 0 Å². The molecule has 5 fully saturated rings. The number of rotatable bonds is 13. The number of hydrogen-bond acceptors (Lipinski definition) is 24. The first kappa shape index (κ1) is 49.1. The van der Waals surface area contributed by atoms with Gasteiger partial charge in [0.25, 0.3) is 0 Å². The fraction of sp³-hybridized carbons (Fsp3) is 0.941. The van der Waals surface area contributed by atoms with E-state index in [1.54, 1.807) is 0 Å². The van der Waals surface area contributed by atoms with Gasteiger partial charge in [0.05, 0.1) is 32.0 Å². The molecule has 5 saturated heterocycles. The first-order valence-corrected chi connectivity index (χ1v) is 19.3. The van der Waals surface area contributed by atoms with Crippen LogP contribution in [0.2, 0.25) is 0 Å². The number of aliphatic hydroxyl groups is 13. The maximum Gasteiger partial charge on any atom is 0.217 e. The molecule has 0 aromatic rings. The summed E-state index contributed by atoms with van der Waals surface area (Å²) in [7, 11) is 0. The van der Waals surface area contributed by atoms with Crippen LogP contribution in [0.1, 0.15) is 27.7 Å². The molecule has 5 heterocycles. The van der Waals surface area contributed by atoms with Crippen molar-refractivity contribution in [2.24, 2.45) is 0 Å². The predicted octanol–water partition coefficient (Wildman–Crippen LogP) is -9.58. The highest BCUT2D eigenvalue weighted by atomic mass is 16.8. The predicted molar refractivity (Wildman–Crippen MR) is 187 cm³/mol. The van der Waals surface area contributed by atoms with Crippen LogP contribution < -0.4 is 10.6 Å². The number of aliphatic hydroxyl groups excluding tert-OH is 13. The van der Waals surface area contributed by atoms with Gasteiger partial charge < -0.3 is 120 Å². The fourth-order valence-corrected chi connectivity index (χ4v) is 7.69. The van der Waals surface area contributed by atoms with Crippen LogP contribution in [0.3, 0.4) is 0 Å². The van der Waals surface area contributed by atoms with Crippen LogP contribution in [0.15, 0.2) is 0 Å². The second-order valence-corrected chi connectivity index (χ2v) is 15.4. The monoisotopic (exact) mass is 878 g/mol. The minimum absolute atomic E-state index is 0.751. The zero-order valence-electron chi connectivity index (χ0n) is 32.9. The maximum absolute atomic E-state index is 12.4. The molecule has 15 N–H and O–H groups in total. The largest absolute Gasteiger partial charge is 0.394 e. The van der Waals surface area contributed by atoms with Gasteiger partial charge in [0, 0.05) is 13.8 Å². The summed E-state index contributed by atoms with van der Waals surface area (Å²) >= 11 is 0. The highest BCUT2D eigenvalue weighted by Crippen LogP contribution is 2.37. The van der Waals surface area contributed by atoms with Crippen LogP contribution >= 0.6 is 0 Å². The Balaban J connectivity index is 1.59. The Morgan fingerprint density at radius 1 is 0.433 bits per heavy atom. The number of carbonyl (C=O) groups is 2. The van der Waals surface area contributed by atoms with Crippen LogP contribution in [-0.2, 0) is 52.2 Å². The summed E-state index contributed by atoms with van der Waals surface area (Å²) < 4.78 is 53.1. The molecule has 60 heavy (non-hydrogen) atoms. The highest BCUT2D eigenvalue weighted by Gasteiger charge is 2.58. The number of amides is 2. The molecule has 0 aromatic carbocycles. The quantitative estimate of drug-likeness (QED) is 0.0817. The second-order valence-electron chi connectivity index (χ2n) is 15.4. The van der Waals surface area contributed by atoms with Gasteiger partial charge in [0.2, 0.25) is 11.8 Å². The molecule has 2 unspecified atom stereocenters. The Hall–Kier alpha value is -1.94. The zero-order chi connectivity index (χ0) is 44.5. The van der Waals surface area contributed by atoms with Crippen molar-refractivity contribution in [2.45, 2.75) is 181 Å². The van der Waals surface area contributed by atoms with E-state index in [4.69, 9.17) is 42.6 Å². The van der Waals surface area contributed by atoms with Gasteiger partial charge >= 0.3 is 0 Å². The van der Waals surface area contributed by atoms with Crippen molar-refractivity contribution in [2.75, 3.05) is 19.8 Å². The Morgan fingerprint density at radius 2 is 0.867 bits per heavy atom. The van der Waals surface area contributed by atoms with Gasteiger partial charge in [0.1, 0.15) is 110 Å². The van der Waals surface area contributed by atoms with Crippen molar-refractivity contribution in [1.82, 2.24) is 10.6 Å². The molecule has 5 rings (SSSR count). The third-order valence-corrected chi connectivity index (χ3v) is 11.0. The molecular weight excluding hydrogens is 820 g/mol. The van der Waals surface area contributed by atoms with Crippen molar-refractivity contribution in [3.05, 3.63) is 0 Å². The highest BCUT2D eigenvalue weighted by molar-refractivity contribution is 5.73. The number of carbonyl (C=O) groups excluding carboxylic acids is 2. The van der Waals surface area contributed by atoms with Gasteiger partial charge in [-0.2, -0.15) is 0 Å². The molecule has 0 radical (unpaired) electrons. The van der Waals surface area contributed by atoms with Crippen LogP contribution in [0.4, 0.5) is 0 Å². The summed E-state index contributed by atoms with van der Waals surface area (Å²) in [6.45, 7) is 1.96. The third kappa shape index (κ3) is 10.4. The van der Waals surface area contributed by atoms with Gasteiger partial charge in [-0.3, -0.25) is 9.59 Å². The fourth-order valence-electron chi connectivity index (χ4n) is 7.69. The minimum Gasteiger partial charge on any atom is -0.394 e.